The first-order chi connectivity index (χ1) is 14.8. The van der Waals surface area contributed by atoms with E-state index in [-0.39, 0.29) is 5.91 Å². The molecule has 3 aromatic heterocycles. The second-order valence-electron chi connectivity index (χ2n) is 7.09. The van der Waals surface area contributed by atoms with Gasteiger partial charge in [0.25, 0.3) is 5.91 Å². The van der Waals surface area contributed by atoms with Crippen molar-refractivity contribution in [1.29, 1.82) is 0 Å². The van der Waals surface area contributed by atoms with Gasteiger partial charge in [-0.15, -0.1) is 34.0 Å². The SMILES string of the molecule is O=C(c1csc(-c2cccs2)n1)N1CCN(Cc2csc(-c3ccccc3)n2)CC1. The molecule has 8 heteroatoms. The zero-order chi connectivity index (χ0) is 20.3. The van der Waals surface area contributed by atoms with Crippen LogP contribution in [0.25, 0.3) is 20.5 Å². The Bertz CT molecular complexity index is 1110. The van der Waals surface area contributed by atoms with Gasteiger partial charge in [-0.05, 0) is 11.4 Å². The summed E-state index contributed by atoms with van der Waals surface area (Å²) in [5.74, 6) is 0.0359. The molecule has 1 saturated heterocycles. The van der Waals surface area contributed by atoms with Crippen LogP contribution in [0.1, 0.15) is 16.2 Å². The van der Waals surface area contributed by atoms with E-state index in [2.05, 4.69) is 27.4 Å². The number of nitrogens with zero attached hydrogens (tertiary/aromatic N) is 4. The molecular formula is C22H20N4OS3. The molecule has 30 heavy (non-hydrogen) atoms. The smallest absolute Gasteiger partial charge is 0.273 e. The van der Waals surface area contributed by atoms with E-state index < -0.39 is 0 Å². The van der Waals surface area contributed by atoms with Crippen LogP contribution in [-0.2, 0) is 6.54 Å². The zero-order valence-electron chi connectivity index (χ0n) is 16.2. The van der Waals surface area contributed by atoms with Crippen LogP contribution < -0.4 is 0 Å². The fourth-order valence-corrected chi connectivity index (χ4v) is 5.90. The summed E-state index contributed by atoms with van der Waals surface area (Å²) in [5, 5.41) is 8.03. The largest absolute Gasteiger partial charge is 0.335 e. The van der Waals surface area contributed by atoms with Crippen molar-refractivity contribution in [2.24, 2.45) is 0 Å². The molecule has 0 N–H and O–H groups in total. The molecule has 1 amide bonds. The van der Waals surface area contributed by atoms with Gasteiger partial charge in [-0.2, -0.15) is 0 Å². The van der Waals surface area contributed by atoms with E-state index in [4.69, 9.17) is 4.98 Å². The number of carbonyl (C=O) groups is 1. The standard InChI is InChI=1S/C22H20N4OS3/c27-22(18-15-30-21(24-18)19-7-4-12-28-19)26-10-8-25(9-11-26)13-17-14-29-20(23-17)16-5-2-1-3-6-16/h1-7,12,14-15H,8-11,13H2. The first kappa shape index (κ1) is 19.6. The van der Waals surface area contributed by atoms with Crippen molar-refractivity contribution in [3.05, 3.63) is 70.0 Å². The maximum absolute atomic E-state index is 12.9. The Balaban J connectivity index is 1.17. The number of hydrogen-bond donors (Lipinski definition) is 0. The van der Waals surface area contributed by atoms with Crippen LogP contribution in [0.15, 0.2) is 58.6 Å². The minimum atomic E-state index is 0.0359. The number of rotatable bonds is 5. The highest BCUT2D eigenvalue weighted by Gasteiger charge is 2.24. The van der Waals surface area contributed by atoms with Crippen LogP contribution in [-0.4, -0.2) is 51.9 Å². The van der Waals surface area contributed by atoms with Gasteiger partial charge in [0, 0.05) is 49.0 Å². The number of amides is 1. The molecule has 0 radical (unpaired) electrons. The third kappa shape index (κ3) is 4.22. The fourth-order valence-electron chi connectivity index (χ4n) is 3.48. The minimum Gasteiger partial charge on any atom is -0.335 e. The average molecular weight is 453 g/mol. The Kier molecular flexibility index (Phi) is 5.72. The van der Waals surface area contributed by atoms with E-state index >= 15 is 0 Å². The van der Waals surface area contributed by atoms with Gasteiger partial charge in [0.1, 0.15) is 15.7 Å². The first-order valence-corrected chi connectivity index (χ1v) is 12.4. The molecule has 4 aromatic rings. The third-order valence-corrected chi connectivity index (χ3v) is 7.89. The van der Waals surface area contributed by atoms with Gasteiger partial charge >= 0.3 is 0 Å². The monoisotopic (exact) mass is 452 g/mol. The molecule has 0 spiro atoms. The topological polar surface area (TPSA) is 49.3 Å². The predicted molar refractivity (Wildman–Crippen MR) is 124 cm³/mol. The molecule has 1 fully saturated rings. The highest BCUT2D eigenvalue weighted by Crippen LogP contribution is 2.28. The van der Waals surface area contributed by atoms with Crippen LogP contribution in [0, 0.1) is 0 Å². The third-order valence-electron chi connectivity index (χ3n) is 5.07. The van der Waals surface area contributed by atoms with Gasteiger partial charge in [-0.1, -0.05) is 36.4 Å². The van der Waals surface area contributed by atoms with E-state index in [0.29, 0.717) is 5.69 Å². The maximum atomic E-state index is 12.9. The number of hydrogen-bond acceptors (Lipinski definition) is 7. The highest BCUT2D eigenvalue weighted by atomic mass is 32.1. The number of thiophene rings is 1. The number of benzene rings is 1. The summed E-state index contributed by atoms with van der Waals surface area (Å²) in [6.45, 7) is 3.98. The summed E-state index contributed by atoms with van der Waals surface area (Å²) < 4.78 is 0. The van der Waals surface area contributed by atoms with Gasteiger partial charge < -0.3 is 4.90 Å². The quantitative estimate of drug-likeness (QED) is 0.430. The number of piperazine rings is 1. The summed E-state index contributed by atoms with van der Waals surface area (Å²) in [6, 6.07) is 14.3. The summed E-state index contributed by atoms with van der Waals surface area (Å²) in [5.41, 5.74) is 2.82. The lowest BCUT2D eigenvalue weighted by atomic mass is 10.2. The lowest BCUT2D eigenvalue weighted by Gasteiger charge is -2.34. The number of thiazole rings is 2. The van der Waals surface area contributed by atoms with E-state index in [0.717, 1.165) is 58.9 Å². The lowest BCUT2D eigenvalue weighted by Crippen LogP contribution is -2.48. The van der Waals surface area contributed by atoms with Crippen molar-refractivity contribution in [2.45, 2.75) is 6.54 Å². The van der Waals surface area contributed by atoms with Crippen LogP contribution in [0.2, 0.25) is 0 Å². The summed E-state index contributed by atoms with van der Waals surface area (Å²) in [4.78, 5) is 27.6. The van der Waals surface area contributed by atoms with Gasteiger partial charge in [-0.3, -0.25) is 9.69 Å². The average Bonchev–Trinajstić information content (AvgIpc) is 3.55. The van der Waals surface area contributed by atoms with Crippen LogP contribution in [0.4, 0.5) is 0 Å². The van der Waals surface area contributed by atoms with Crippen molar-refractivity contribution < 1.29 is 4.79 Å². The second-order valence-corrected chi connectivity index (χ2v) is 9.76. The maximum Gasteiger partial charge on any atom is 0.273 e. The number of carbonyl (C=O) groups excluding carboxylic acids is 1. The molecule has 0 aliphatic carbocycles. The van der Waals surface area contributed by atoms with Crippen LogP contribution >= 0.6 is 34.0 Å². The van der Waals surface area contributed by atoms with Gasteiger partial charge in [-0.25, -0.2) is 9.97 Å². The van der Waals surface area contributed by atoms with E-state index in [1.807, 2.05) is 46.0 Å². The molecule has 5 nitrogen and oxygen atoms in total. The normalized spacial score (nSPS) is 14.9. The van der Waals surface area contributed by atoms with E-state index in [9.17, 15) is 4.79 Å². The lowest BCUT2D eigenvalue weighted by molar-refractivity contribution is 0.0622. The Labute approximate surface area is 187 Å². The highest BCUT2D eigenvalue weighted by molar-refractivity contribution is 7.20. The van der Waals surface area contributed by atoms with Crippen LogP contribution in [0.3, 0.4) is 0 Å². The molecule has 4 heterocycles. The molecule has 0 atom stereocenters. The predicted octanol–water partition coefficient (Wildman–Crippen LogP) is 4.95. The molecule has 1 aliphatic heterocycles. The molecule has 5 rings (SSSR count). The summed E-state index contributed by atoms with van der Waals surface area (Å²) in [7, 11) is 0. The summed E-state index contributed by atoms with van der Waals surface area (Å²) in [6.07, 6.45) is 0. The van der Waals surface area contributed by atoms with Crippen LogP contribution in [0.5, 0.6) is 0 Å². The Hall–Kier alpha value is -2.39. The minimum absolute atomic E-state index is 0.0359. The zero-order valence-corrected chi connectivity index (χ0v) is 18.7. The molecule has 0 bridgehead atoms. The van der Waals surface area contributed by atoms with E-state index in [1.54, 1.807) is 22.7 Å². The van der Waals surface area contributed by atoms with Gasteiger partial charge in [0.15, 0.2) is 0 Å². The fraction of sp³-hybridized carbons (Fsp3) is 0.227. The van der Waals surface area contributed by atoms with Crippen molar-refractivity contribution >= 4 is 39.9 Å². The van der Waals surface area contributed by atoms with Crippen molar-refractivity contribution in [3.8, 4) is 20.5 Å². The summed E-state index contributed by atoms with van der Waals surface area (Å²) >= 11 is 4.87. The Morgan fingerprint density at radius 2 is 1.67 bits per heavy atom. The van der Waals surface area contributed by atoms with Gasteiger partial charge in [0.2, 0.25) is 0 Å². The molecule has 0 unspecified atom stereocenters. The van der Waals surface area contributed by atoms with E-state index in [1.165, 1.54) is 11.3 Å². The second kappa shape index (κ2) is 8.77. The first-order valence-electron chi connectivity index (χ1n) is 9.77. The van der Waals surface area contributed by atoms with Crippen molar-refractivity contribution in [2.75, 3.05) is 26.2 Å². The molecular weight excluding hydrogens is 432 g/mol. The Morgan fingerprint density at radius 3 is 2.43 bits per heavy atom. The van der Waals surface area contributed by atoms with Crippen molar-refractivity contribution in [1.82, 2.24) is 19.8 Å². The number of aromatic nitrogens is 2. The molecule has 1 aromatic carbocycles. The van der Waals surface area contributed by atoms with Crippen molar-refractivity contribution in [3.63, 3.8) is 0 Å². The van der Waals surface area contributed by atoms with Gasteiger partial charge in [0.05, 0.1) is 10.6 Å². The molecule has 1 aliphatic rings. The molecule has 152 valence electrons. The Morgan fingerprint density at radius 1 is 0.867 bits per heavy atom. The molecule has 0 saturated carbocycles.